The van der Waals surface area contributed by atoms with Crippen molar-refractivity contribution < 1.29 is 0 Å². The molecule has 0 saturated carbocycles. The molecule has 1 aromatic carbocycles. The summed E-state index contributed by atoms with van der Waals surface area (Å²) < 4.78 is 0. The maximum Gasteiger partial charge on any atom is 0.0427 e. The van der Waals surface area contributed by atoms with Gasteiger partial charge in [-0.2, -0.15) is 0 Å². The predicted molar refractivity (Wildman–Crippen MR) is 69.7 cm³/mol. The SMILES string of the molecule is C#CC(C)c1ccccc1/C=C\C.CC. The Morgan fingerprint density at radius 1 is 1.27 bits per heavy atom. The molecule has 0 heterocycles. The monoisotopic (exact) mass is 200 g/mol. The molecule has 80 valence electrons. The van der Waals surface area contributed by atoms with E-state index in [0.717, 1.165) is 0 Å². The van der Waals surface area contributed by atoms with E-state index in [9.17, 15) is 0 Å². The maximum atomic E-state index is 5.40. The van der Waals surface area contributed by atoms with E-state index in [-0.39, 0.29) is 5.92 Å². The van der Waals surface area contributed by atoms with Crippen molar-refractivity contribution in [1.29, 1.82) is 0 Å². The molecule has 0 aromatic heterocycles. The van der Waals surface area contributed by atoms with Crippen LogP contribution in [0.4, 0.5) is 0 Å². The fraction of sp³-hybridized carbons (Fsp3) is 0.333. The Morgan fingerprint density at radius 3 is 2.40 bits per heavy atom. The molecule has 0 saturated heterocycles. The van der Waals surface area contributed by atoms with E-state index < -0.39 is 0 Å². The Morgan fingerprint density at radius 2 is 1.87 bits per heavy atom. The van der Waals surface area contributed by atoms with Crippen LogP contribution in [0.5, 0.6) is 0 Å². The summed E-state index contributed by atoms with van der Waals surface area (Å²) in [5.74, 6) is 2.93. The number of rotatable bonds is 2. The van der Waals surface area contributed by atoms with E-state index in [1.807, 2.05) is 45.9 Å². The maximum absolute atomic E-state index is 5.40. The van der Waals surface area contributed by atoms with Crippen molar-refractivity contribution in [3.63, 3.8) is 0 Å². The molecule has 0 nitrogen and oxygen atoms in total. The van der Waals surface area contributed by atoms with E-state index in [1.54, 1.807) is 0 Å². The van der Waals surface area contributed by atoms with Crippen LogP contribution in [0.15, 0.2) is 30.3 Å². The summed E-state index contributed by atoms with van der Waals surface area (Å²) in [4.78, 5) is 0. The highest BCUT2D eigenvalue weighted by atomic mass is 14.1. The Kier molecular flexibility index (Phi) is 7.10. The molecule has 0 aliphatic heterocycles. The topological polar surface area (TPSA) is 0 Å². The molecular weight excluding hydrogens is 180 g/mol. The van der Waals surface area contributed by atoms with E-state index in [4.69, 9.17) is 6.42 Å². The number of hydrogen-bond acceptors (Lipinski definition) is 0. The summed E-state index contributed by atoms with van der Waals surface area (Å²) in [5.41, 5.74) is 2.44. The quantitative estimate of drug-likeness (QED) is 0.617. The average molecular weight is 200 g/mol. The van der Waals surface area contributed by atoms with E-state index in [1.165, 1.54) is 11.1 Å². The van der Waals surface area contributed by atoms with Crippen LogP contribution in [0.25, 0.3) is 6.08 Å². The molecule has 1 rings (SSSR count). The highest BCUT2D eigenvalue weighted by molar-refractivity contribution is 5.55. The number of benzene rings is 1. The first-order valence-corrected chi connectivity index (χ1v) is 5.47. The fourth-order valence-corrected chi connectivity index (χ4v) is 1.33. The van der Waals surface area contributed by atoms with Gasteiger partial charge in [-0.15, -0.1) is 6.42 Å². The summed E-state index contributed by atoms with van der Waals surface area (Å²) >= 11 is 0. The summed E-state index contributed by atoms with van der Waals surface area (Å²) in [5, 5.41) is 0. The highest BCUT2D eigenvalue weighted by Gasteiger charge is 2.04. The first kappa shape index (κ1) is 13.5. The van der Waals surface area contributed by atoms with Crippen molar-refractivity contribution >= 4 is 6.08 Å². The third-order valence-electron chi connectivity index (χ3n) is 2.06. The van der Waals surface area contributed by atoms with Crippen LogP contribution in [0.3, 0.4) is 0 Å². The van der Waals surface area contributed by atoms with Crippen molar-refractivity contribution in [2.45, 2.75) is 33.6 Å². The molecule has 1 aromatic rings. The van der Waals surface area contributed by atoms with Gasteiger partial charge in [-0.3, -0.25) is 0 Å². The first-order valence-electron chi connectivity index (χ1n) is 5.47. The molecule has 0 amide bonds. The molecule has 15 heavy (non-hydrogen) atoms. The van der Waals surface area contributed by atoms with Crippen LogP contribution in [0.1, 0.15) is 44.7 Å². The molecule has 0 radical (unpaired) electrons. The summed E-state index contributed by atoms with van der Waals surface area (Å²) in [6, 6.07) is 8.22. The zero-order valence-electron chi connectivity index (χ0n) is 10.1. The van der Waals surface area contributed by atoms with Gasteiger partial charge < -0.3 is 0 Å². The minimum atomic E-state index is 0.187. The lowest BCUT2D eigenvalue weighted by atomic mass is 9.96. The second-order valence-corrected chi connectivity index (χ2v) is 3.02. The summed E-state index contributed by atoms with van der Waals surface area (Å²) in [6.07, 6.45) is 9.51. The normalized spacial score (nSPS) is 11.4. The summed E-state index contributed by atoms with van der Waals surface area (Å²) in [6.45, 7) is 8.06. The lowest BCUT2D eigenvalue weighted by Crippen LogP contribution is -1.92. The lowest BCUT2D eigenvalue weighted by Gasteiger charge is -2.07. The smallest absolute Gasteiger partial charge is 0.0427 e. The molecule has 0 bridgehead atoms. The second kappa shape index (κ2) is 7.88. The zero-order valence-corrected chi connectivity index (χ0v) is 10.1. The first-order chi connectivity index (χ1) is 7.29. The van der Waals surface area contributed by atoms with Crippen LogP contribution < -0.4 is 0 Å². The van der Waals surface area contributed by atoms with Crippen molar-refractivity contribution in [2.75, 3.05) is 0 Å². The Labute approximate surface area is 94.0 Å². The van der Waals surface area contributed by atoms with E-state index in [0.29, 0.717) is 0 Å². The van der Waals surface area contributed by atoms with E-state index >= 15 is 0 Å². The molecule has 1 atom stereocenters. The van der Waals surface area contributed by atoms with Gasteiger partial charge in [-0.25, -0.2) is 0 Å². The molecular formula is C15H20. The van der Waals surface area contributed by atoms with Crippen LogP contribution in [-0.4, -0.2) is 0 Å². The predicted octanol–water partition coefficient (Wildman–Crippen LogP) is 4.48. The largest absolute Gasteiger partial charge is 0.119 e. The third-order valence-corrected chi connectivity index (χ3v) is 2.06. The number of terminal acetylenes is 1. The number of allylic oxidation sites excluding steroid dienone is 1. The van der Waals surface area contributed by atoms with Crippen molar-refractivity contribution in [2.24, 2.45) is 0 Å². The van der Waals surface area contributed by atoms with Crippen LogP contribution in [0.2, 0.25) is 0 Å². The van der Waals surface area contributed by atoms with Crippen LogP contribution >= 0.6 is 0 Å². The lowest BCUT2D eigenvalue weighted by molar-refractivity contribution is 1.00. The molecule has 1 unspecified atom stereocenters. The molecule has 0 spiro atoms. The minimum Gasteiger partial charge on any atom is -0.119 e. The molecule has 0 fully saturated rings. The molecule has 0 heteroatoms. The molecule has 0 N–H and O–H groups in total. The highest BCUT2D eigenvalue weighted by Crippen LogP contribution is 2.19. The zero-order chi connectivity index (χ0) is 11.7. The van der Waals surface area contributed by atoms with Gasteiger partial charge in [0.2, 0.25) is 0 Å². The van der Waals surface area contributed by atoms with Gasteiger partial charge in [0.05, 0.1) is 0 Å². The molecule has 0 aliphatic rings. The molecule has 0 aliphatic carbocycles. The van der Waals surface area contributed by atoms with E-state index in [2.05, 4.69) is 24.1 Å². The Balaban J connectivity index is 0.000000921. The summed E-state index contributed by atoms with van der Waals surface area (Å²) in [7, 11) is 0. The minimum absolute atomic E-state index is 0.187. The van der Waals surface area contributed by atoms with Gasteiger partial charge in [0.25, 0.3) is 0 Å². The Hall–Kier alpha value is -1.48. The van der Waals surface area contributed by atoms with Gasteiger partial charge >= 0.3 is 0 Å². The van der Waals surface area contributed by atoms with Crippen molar-refractivity contribution in [1.82, 2.24) is 0 Å². The third kappa shape index (κ3) is 4.04. The van der Waals surface area contributed by atoms with Gasteiger partial charge in [-0.05, 0) is 25.0 Å². The van der Waals surface area contributed by atoms with Gasteiger partial charge in [0.1, 0.15) is 0 Å². The standard InChI is InChI=1S/C13H14.C2H6/c1-4-8-12-9-6-7-10-13(12)11(3)5-2;1-2/h2,4,6-11H,1,3H3;1-2H3/b8-4-;. The fourth-order valence-electron chi connectivity index (χ4n) is 1.33. The van der Waals surface area contributed by atoms with Gasteiger partial charge in [0, 0.05) is 5.92 Å². The van der Waals surface area contributed by atoms with Gasteiger partial charge in [-0.1, -0.05) is 56.2 Å². The van der Waals surface area contributed by atoms with Crippen molar-refractivity contribution in [3.05, 3.63) is 41.5 Å². The van der Waals surface area contributed by atoms with Crippen molar-refractivity contribution in [3.8, 4) is 12.3 Å². The average Bonchev–Trinajstić information content (AvgIpc) is 2.32. The van der Waals surface area contributed by atoms with Gasteiger partial charge in [0.15, 0.2) is 0 Å². The second-order valence-electron chi connectivity index (χ2n) is 3.02. The Bertz CT molecular complexity index is 339. The van der Waals surface area contributed by atoms with Crippen LogP contribution in [0, 0.1) is 12.3 Å². The number of hydrogen-bond donors (Lipinski definition) is 0. The van der Waals surface area contributed by atoms with Crippen LogP contribution in [-0.2, 0) is 0 Å².